The number of rotatable bonds is 3. The lowest BCUT2D eigenvalue weighted by molar-refractivity contribution is 0.0599. The van der Waals surface area contributed by atoms with Crippen LogP contribution in [0.25, 0.3) is 11.0 Å². The third-order valence-electron chi connectivity index (χ3n) is 2.71. The van der Waals surface area contributed by atoms with Crippen LogP contribution in [0, 0.1) is 5.92 Å². The minimum absolute atomic E-state index is 0.300. The molecule has 2 aromatic rings. The summed E-state index contributed by atoms with van der Waals surface area (Å²) in [4.78, 5) is 19.1. The fourth-order valence-electron chi connectivity index (χ4n) is 1.98. The molecule has 1 aromatic heterocycles. The van der Waals surface area contributed by atoms with E-state index in [2.05, 4.69) is 23.8 Å². The van der Waals surface area contributed by atoms with Crippen molar-refractivity contribution in [3.8, 4) is 0 Å². The smallest absolute Gasteiger partial charge is 0.338 e. The monoisotopic (exact) mass is 232 g/mol. The minimum atomic E-state index is -0.300. The maximum absolute atomic E-state index is 11.7. The van der Waals surface area contributed by atoms with Crippen LogP contribution in [-0.2, 0) is 11.2 Å². The summed E-state index contributed by atoms with van der Waals surface area (Å²) < 4.78 is 4.81. The second-order valence-corrected chi connectivity index (χ2v) is 4.48. The Balaban J connectivity index is 2.61. The highest BCUT2D eigenvalue weighted by atomic mass is 16.5. The van der Waals surface area contributed by atoms with Crippen molar-refractivity contribution in [1.82, 2.24) is 9.97 Å². The Morgan fingerprint density at radius 3 is 2.88 bits per heavy atom. The van der Waals surface area contributed by atoms with Crippen molar-refractivity contribution in [2.45, 2.75) is 20.3 Å². The molecule has 90 valence electrons. The number of fused-ring (bicyclic) bond motifs is 1. The molecule has 0 amide bonds. The third kappa shape index (κ3) is 2.16. The molecule has 1 heterocycles. The van der Waals surface area contributed by atoms with Gasteiger partial charge in [0.05, 0.1) is 30.0 Å². The van der Waals surface area contributed by atoms with Crippen LogP contribution < -0.4 is 0 Å². The second-order valence-electron chi connectivity index (χ2n) is 4.48. The van der Waals surface area contributed by atoms with Gasteiger partial charge in [0, 0.05) is 0 Å². The Labute approximate surface area is 100 Å². The Bertz CT molecular complexity index is 543. The summed E-state index contributed by atoms with van der Waals surface area (Å²) in [5.74, 6) is 0.159. The molecule has 0 aliphatic carbocycles. The molecule has 0 bridgehead atoms. The lowest BCUT2D eigenvalue weighted by Gasteiger charge is -2.10. The van der Waals surface area contributed by atoms with Gasteiger partial charge in [-0.3, -0.25) is 0 Å². The summed E-state index contributed by atoms with van der Waals surface area (Å²) in [5, 5.41) is 0. The van der Waals surface area contributed by atoms with Crippen molar-refractivity contribution in [3.05, 3.63) is 29.6 Å². The number of nitrogens with one attached hydrogen (secondary N) is 1. The first-order valence-corrected chi connectivity index (χ1v) is 5.66. The van der Waals surface area contributed by atoms with E-state index in [0.29, 0.717) is 11.5 Å². The molecule has 1 N–H and O–H groups in total. The molecule has 4 nitrogen and oxygen atoms in total. The number of H-pyrrole nitrogens is 1. The Morgan fingerprint density at radius 2 is 2.24 bits per heavy atom. The summed E-state index contributed by atoms with van der Waals surface area (Å²) >= 11 is 0. The molecule has 0 spiro atoms. The number of carbonyl (C=O) groups is 1. The molecule has 0 radical (unpaired) electrons. The lowest BCUT2D eigenvalue weighted by Crippen LogP contribution is -2.08. The zero-order valence-electron chi connectivity index (χ0n) is 10.3. The van der Waals surface area contributed by atoms with Gasteiger partial charge >= 0.3 is 5.97 Å². The average molecular weight is 232 g/mol. The standard InChI is InChI=1S/C13H16N2O2/c1-8(2)6-10-9(13(16)17-3)4-5-11-12(10)15-7-14-11/h4-5,7-8H,6H2,1-3H3,(H,14,15). The number of aromatic nitrogens is 2. The number of carbonyl (C=O) groups excluding carboxylic acids is 1. The molecule has 0 saturated carbocycles. The van der Waals surface area contributed by atoms with Crippen LogP contribution in [0.5, 0.6) is 0 Å². The van der Waals surface area contributed by atoms with Gasteiger partial charge in [-0.1, -0.05) is 13.8 Å². The average Bonchev–Trinajstić information content (AvgIpc) is 2.76. The number of methoxy groups -OCH3 is 1. The van der Waals surface area contributed by atoms with Crippen molar-refractivity contribution in [2.75, 3.05) is 7.11 Å². The first-order valence-electron chi connectivity index (χ1n) is 5.66. The molecule has 17 heavy (non-hydrogen) atoms. The van der Waals surface area contributed by atoms with Crippen molar-refractivity contribution in [1.29, 1.82) is 0 Å². The summed E-state index contributed by atoms with van der Waals surface area (Å²) in [6, 6.07) is 3.66. The molecule has 0 unspecified atom stereocenters. The first kappa shape index (κ1) is 11.6. The van der Waals surface area contributed by atoms with E-state index < -0.39 is 0 Å². The van der Waals surface area contributed by atoms with E-state index in [9.17, 15) is 4.79 Å². The van der Waals surface area contributed by atoms with Crippen LogP contribution in [0.3, 0.4) is 0 Å². The molecular weight excluding hydrogens is 216 g/mol. The van der Waals surface area contributed by atoms with Crippen LogP contribution in [-0.4, -0.2) is 23.0 Å². The van der Waals surface area contributed by atoms with Crippen LogP contribution in [0.4, 0.5) is 0 Å². The number of hydrogen-bond donors (Lipinski definition) is 1. The van der Waals surface area contributed by atoms with Crippen molar-refractivity contribution in [2.24, 2.45) is 5.92 Å². The van der Waals surface area contributed by atoms with Gasteiger partial charge in [-0.25, -0.2) is 9.78 Å². The molecule has 1 aromatic carbocycles. The van der Waals surface area contributed by atoms with Crippen molar-refractivity contribution >= 4 is 17.0 Å². The van der Waals surface area contributed by atoms with Gasteiger partial charge < -0.3 is 9.72 Å². The number of ether oxygens (including phenoxy) is 1. The van der Waals surface area contributed by atoms with Gasteiger partial charge in [-0.2, -0.15) is 0 Å². The van der Waals surface area contributed by atoms with E-state index in [-0.39, 0.29) is 5.97 Å². The lowest BCUT2D eigenvalue weighted by atomic mass is 9.96. The molecule has 0 aliphatic heterocycles. The molecule has 0 saturated heterocycles. The highest BCUT2D eigenvalue weighted by Gasteiger charge is 2.17. The molecular formula is C13H16N2O2. The molecule has 0 fully saturated rings. The van der Waals surface area contributed by atoms with Gasteiger partial charge in [-0.05, 0) is 30.0 Å². The van der Waals surface area contributed by atoms with Crippen molar-refractivity contribution < 1.29 is 9.53 Å². The van der Waals surface area contributed by atoms with Gasteiger partial charge in [0.25, 0.3) is 0 Å². The fourth-order valence-corrected chi connectivity index (χ4v) is 1.98. The fraction of sp³-hybridized carbons (Fsp3) is 0.385. The number of aromatic amines is 1. The second kappa shape index (κ2) is 4.57. The van der Waals surface area contributed by atoms with E-state index in [0.717, 1.165) is 23.0 Å². The summed E-state index contributed by atoms with van der Waals surface area (Å²) in [6.45, 7) is 4.24. The van der Waals surface area contributed by atoms with Crippen LogP contribution >= 0.6 is 0 Å². The summed E-state index contributed by atoms with van der Waals surface area (Å²) in [7, 11) is 1.40. The zero-order chi connectivity index (χ0) is 12.4. The van der Waals surface area contributed by atoms with E-state index in [1.807, 2.05) is 6.07 Å². The van der Waals surface area contributed by atoms with E-state index in [1.54, 1.807) is 12.4 Å². The normalized spacial score (nSPS) is 11.1. The Kier molecular flexibility index (Phi) is 3.13. The Hall–Kier alpha value is -1.84. The maximum atomic E-state index is 11.7. The number of hydrogen-bond acceptors (Lipinski definition) is 3. The predicted octanol–water partition coefficient (Wildman–Crippen LogP) is 2.55. The maximum Gasteiger partial charge on any atom is 0.338 e. The highest BCUT2D eigenvalue weighted by molar-refractivity contribution is 5.96. The zero-order valence-corrected chi connectivity index (χ0v) is 10.3. The van der Waals surface area contributed by atoms with Crippen molar-refractivity contribution in [3.63, 3.8) is 0 Å². The van der Waals surface area contributed by atoms with E-state index >= 15 is 0 Å². The topological polar surface area (TPSA) is 55.0 Å². The van der Waals surface area contributed by atoms with Crippen LogP contribution in [0.2, 0.25) is 0 Å². The van der Waals surface area contributed by atoms with Gasteiger partial charge in [0.1, 0.15) is 0 Å². The Morgan fingerprint density at radius 1 is 1.47 bits per heavy atom. The number of benzene rings is 1. The number of nitrogens with zero attached hydrogens (tertiary/aromatic N) is 1. The molecule has 2 rings (SSSR count). The molecule has 0 aliphatic rings. The molecule has 0 atom stereocenters. The van der Waals surface area contributed by atoms with Gasteiger partial charge in [0.2, 0.25) is 0 Å². The largest absolute Gasteiger partial charge is 0.465 e. The number of esters is 1. The first-order chi connectivity index (χ1) is 8.13. The van der Waals surface area contributed by atoms with Crippen LogP contribution in [0.1, 0.15) is 29.8 Å². The third-order valence-corrected chi connectivity index (χ3v) is 2.71. The minimum Gasteiger partial charge on any atom is -0.465 e. The quantitative estimate of drug-likeness (QED) is 0.827. The van der Waals surface area contributed by atoms with Crippen LogP contribution in [0.15, 0.2) is 18.5 Å². The molecule has 4 heteroatoms. The van der Waals surface area contributed by atoms with Gasteiger partial charge in [-0.15, -0.1) is 0 Å². The number of imidazole rings is 1. The summed E-state index contributed by atoms with van der Waals surface area (Å²) in [6.07, 6.45) is 2.46. The van der Waals surface area contributed by atoms with E-state index in [4.69, 9.17) is 4.74 Å². The SMILES string of the molecule is COC(=O)c1ccc2[nH]cnc2c1CC(C)C. The predicted molar refractivity (Wildman–Crippen MR) is 66.0 cm³/mol. The highest BCUT2D eigenvalue weighted by Crippen LogP contribution is 2.23. The summed E-state index contributed by atoms with van der Waals surface area (Å²) in [5.41, 5.74) is 3.39. The van der Waals surface area contributed by atoms with Gasteiger partial charge in [0.15, 0.2) is 0 Å². The van der Waals surface area contributed by atoms with E-state index in [1.165, 1.54) is 7.11 Å².